The van der Waals surface area contributed by atoms with Crippen LogP contribution >= 0.6 is 0 Å². The van der Waals surface area contributed by atoms with Gasteiger partial charge in [0.05, 0.1) is 10.6 Å². The largest absolute Gasteiger partial charge is 0.279 e. The van der Waals surface area contributed by atoms with Crippen molar-refractivity contribution in [2.45, 2.75) is 11.8 Å². The quantitative estimate of drug-likeness (QED) is 0.632. The fourth-order valence-electron chi connectivity index (χ4n) is 1.12. The van der Waals surface area contributed by atoms with Crippen LogP contribution in [0.1, 0.15) is 5.56 Å². The summed E-state index contributed by atoms with van der Waals surface area (Å²) in [6.07, 6.45) is 0. The maximum atomic E-state index is 11.1. The van der Waals surface area contributed by atoms with Gasteiger partial charge >= 0.3 is 0 Å². The van der Waals surface area contributed by atoms with Crippen LogP contribution in [0.4, 0.5) is 5.69 Å². The zero-order chi connectivity index (χ0) is 8.06. The second-order valence-corrected chi connectivity index (χ2v) is 4.26. The van der Waals surface area contributed by atoms with Crippen molar-refractivity contribution in [2.24, 2.45) is 0 Å². The molecule has 0 saturated carbocycles. The summed E-state index contributed by atoms with van der Waals surface area (Å²) in [5.74, 6) is 0. The number of fused-ring (bicyclic) bond motifs is 3. The molecule has 11 heavy (non-hydrogen) atoms. The molecule has 0 aromatic heterocycles. The molecule has 0 unspecified atom stereocenters. The highest BCUT2D eigenvalue weighted by molar-refractivity contribution is 7.92. The molecule has 58 valence electrons. The summed E-state index contributed by atoms with van der Waals surface area (Å²) in [6.45, 7) is 1.88. The van der Waals surface area contributed by atoms with Gasteiger partial charge in [0, 0.05) is 0 Å². The smallest absolute Gasteiger partial charge is 0.261 e. The predicted octanol–water partition coefficient (Wildman–Crippen LogP) is 1.11. The van der Waals surface area contributed by atoms with Gasteiger partial charge in [0.2, 0.25) is 0 Å². The van der Waals surface area contributed by atoms with Crippen molar-refractivity contribution in [3.63, 3.8) is 0 Å². The van der Waals surface area contributed by atoms with Crippen LogP contribution in [0.5, 0.6) is 0 Å². The Morgan fingerprint density at radius 1 is 1.36 bits per heavy atom. The molecule has 0 radical (unpaired) electrons. The van der Waals surface area contributed by atoms with Crippen molar-refractivity contribution in [3.8, 4) is 0 Å². The monoisotopic (exact) mass is 169 g/mol. The molecule has 1 N–H and O–H groups in total. The standard InChI is InChI=1S/C7H7NO2S/c1-5-4-6-2-3-7(5)8-11(6,9)10/h2-4,8H,1H3. The number of hydrogen-bond donors (Lipinski definition) is 1. The van der Waals surface area contributed by atoms with Crippen molar-refractivity contribution in [1.82, 2.24) is 0 Å². The number of rotatable bonds is 0. The number of hydrogen-bond acceptors (Lipinski definition) is 2. The summed E-state index contributed by atoms with van der Waals surface area (Å²) < 4.78 is 24.7. The van der Waals surface area contributed by atoms with Crippen LogP contribution in [0.25, 0.3) is 0 Å². The number of nitrogens with one attached hydrogen (secondary N) is 1. The Labute approximate surface area is 65.1 Å². The predicted molar refractivity (Wildman–Crippen MR) is 42.0 cm³/mol. The van der Waals surface area contributed by atoms with Crippen LogP contribution in [0.3, 0.4) is 0 Å². The second-order valence-electron chi connectivity index (χ2n) is 2.58. The molecule has 0 spiro atoms. The van der Waals surface area contributed by atoms with Crippen molar-refractivity contribution < 1.29 is 8.42 Å². The highest BCUT2D eigenvalue weighted by Crippen LogP contribution is 2.27. The first-order chi connectivity index (χ1) is 5.09. The Morgan fingerprint density at radius 2 is 2.09 bits per heavy atom. The molecular formula is C7H7NO2S. The fraction of sp³-hybridized carbons (Fsp3) is 0.143. The number of anilines is 1. The van der Waals surface area contributed by atoms with Gasteiger partial charge in [-0.2, -0.15) is 0 Å². The summed E-state index contributed by atoms with van der Waals surface area (Å²) in [6, 6.07) is 5.04. The summed E-state index contributed by atoms with van der Waals surface area (Å²) in [4.78, 5) is 0.352. The van der Waals surface area contributed by atoms with Gasteiger partial charge in [0.25, 0.3) is 10.0 Å². The lowest BCUT2D eigenvalue weighted by Gasteiger charge is -2.17. The zero-order valence-corrected chi connectivity index (χ0v) is 6.77. The third-order valence-corrected chi connectivity index (χ3v) is 3.12. The van der Waals surface area contributed by atoms with Crippen molar-refractivity contribution in [2.75, 3.05) is 4.72 Å². The van der Waals surface area contributed by atoms with Crippen LogP contribution in [-0.2, 0) is 10.0 Å². The molecule has 0 atom stereocenters. The Kier molecular flexibility index (Phi) is 1.07. The second kappa shape index (κ2) is 1.76. The van der Waals surface area contributed by atoms with Crippen molar-refractivity contribution in [3.05, 3.63) is 23.8 Å². The van der Waals surface area contributed by atoms with E-state index in [2.05, 4.69) is 4.72 Å². The molecule has 0 fully saturated rings. The minimum absolute atomic E-state index is 0.352. The molecule has 0 saturated heterocycles. The third-order valence-electron chi connectivity index (χ3n) is 1.75. The molecule has 0 aliphatic carbocycles. The summed E-state index contributed by atoms with van der Waals surface area (Å²) in [7, 11) is -3.19. The molecule has 4 heteroatoms. The first kappa shape index (κ1) is 6.67. The van der Waals surface area contributed by atoms with E-state index in [1.807, 2.05) is 6.92 Å². The average molecular weight is 169 g/mol. The van der Waals surface area contributed by atoms with Gasteiger partial charge in [-0.05, 0) is 30.7 Å². The summed E-state index contributed by atoms with van der Waals surface area (Å²) in [5, 5.41) is 0. The van der Waals surface area contributed by atoms with Gasteiger partial charge in [-0.3, -0.25) is 4.72 Å². The van der Waals surface area contributed by atoms with E-state index >= 15 is 0 Å². The first-order valence-electron chi connectivity index (χ1n) is 3.23. The highest BCUT2D eigenvalue weighted by Gasteiger charge is 2.21. The fourth-order valence-corrected chi connectivity index (χ4v) is 2.34. The molecule has 0 amide bonds. The molecule has 2 aliphatic heterocycles. The van der Waals surface area contributed by atoms with Crippen molar-refractivity contribution >= 4 is 15.7 Å². The van der Waals surface area contributed by atoms with Crippen LogP contribution < -0.4 is 4.72 Å². The molecule has 3 rings (SSSR count). The van der Waals surface area contributed by atoms with E-state index in [1.54, 1.807) is 18.2 Å². The Hall–Kier alpha value is -1.03. The SMILES string of the molecule is Cc1cc2ccc1NS2(=O)=O. The number of aryl methyl sites for hydroxylation is 1. The van der Waals surface area contributed by atoms with E-state index < -0.39 is 10.0 Å². The Bertz CT molecular complexity index is 408. The van der Waals surface area contributed by atoms with E-state index in [1.165, 1.54) is 0 Å². The minimum Gasteiger partial charge on any atom is -0.279 e. The van der Waals surface area contributed by atoms with Crippen molar-refractivity contribution in [1.29, 1.82) is 0 Å². The molecule has 2 heterocycles. The van der Waals surface area contributed by atoms with Gasteiger partial charge in [0.1, 0.15) is 0 Å². The lowest BCUT2D eigenvalue weighted by atomic mass is 10.2. The normalized spacial score (nSPS) is 17.9. The molecular weight excluding hydrogens is 162 g/mol. The molecule has 1 aromatic carbocycles. The minimum atomic E-state index is -3.19. The van der Waals surface area contributed by atoms with Gasteiger partial charge < -0.3 is 0 Å². The maximum Gasteiger partial charge on any atom is 0.261 e. The molecule has 2 bridgehead atoms. The molecule has 2 aliphatic rings. The van der Waals surface area contributed by atoms with Gasteiger partial charge in [-0.25, -0.2) is 8.42 Å². The summed E-state index contributed by atoms with van der Waals surface area (Å²) in [5.41, 5.74) is 1.65. The zero-order valence-electron chi connectivity index (χ0n) is 5.96. The summed E-state index contributed by atoms with van der Waals surface area (Å²) >= 11 is 0. The molecule has 1 aromatic rings. The maximum absolute atomic E-state index is 11.1. The van der Waals surface area contributed by atoms with E-state index in [4.69, 9.17) is 0 Å². The van der Waals surface area contributed by atoms with Gasteiger partial charge in [-0.1, -0.05) is 0 Å². The molecule has 3 nitrogen and oxygen atoms in total. The van der Waals surface area contributed by atoms with Crippen LogP contribution in [0.15, 0.2) is 23.1 Å². The Morgan fingerprint density at radius 3 is 2.36 bits per heavy atom. The van der Waals surface area contributed by atoms with E-state index in [0.29, 0.717) is 10.6 Å². The first-order valence-corrected chi connectivity index (χ1v) is 4.71. The van der Waals surface area contributed by atoms with Gasteiger partial charge in [0.15, 0.2) is 0 Å². The lowest BCUT2D eigenvalue weighted by Crippen LogP contribution is -2.18. The third kappa shape index (κ3) is 0.826. The van der Waals surface area contributed by atoms with Crippen LogP contribution in [0, 0.1) is 6.92 Å². The van der Waals surface area contributed by atoms with E-state index in [-0.39, 0.29) is 0 Å². The van der Waals surface area contributed by atoms with Gasteiger partial charge in [-0.15, -0.1) is 0 Å². The van der Waals surface area contributed by atoms with E-state index in [0.717, 1.165) is 5.56 Å². The van der Waals surface area contributed by atoms with Crippen LogP contribution in [0.2, 0.25) is 0 Å². The number of sulfonamides is 1. The highest BCUT2D eigenvalue weighted by atomic mass is 32.2. The average Bonchev–Trinajstić information content (AvgIpc) is 1.90. The van der Waals surface area contributed by atoms with Crippen LogP contribution in [-0.4, -0.2) is 8.42 Å². The number of benzene rings is 1. The lowest BCUT2D eigenvalue weighted by molar-refractivity contribution is 0.600. The topological polar surface area (TPSA) is 46.2 Å². The van der Waals surface area contributed by atoms with E-state index in [9.17, 15) is 8.42 Å². The Balaban J connectivity index is 2.84.